The highest BCUT2D eigenvalue weighted by Crippen LogP contribution is 2.49. The van der Waals surface area contributed by atoms with E-state index in [1.54, 1.807) is 29.2 Å². The molecule has 0 aromatic heterocycles. The van der Waals surface area contributed by atoms with Crippen molar-refractivity contribution in [2.24, 2.45) is 0 Å². The summed E-state index contributed by atoms with van der Waals surface area (Å²) in [6.45, 7) is 0.496. The Labute approximate surface area is 220 Å². The largest absolute Gasteiger partial charge is 0.495 e. The Balaban J connectivity index is 1.67. The van der Waals surface area contributed by atoms with Crippen LogP contribution >= 0.6 is 11.6 Å². The van der Waals surface area contributed by atoms with Gasteiger partial charge in [0.2, 0.25) is 5.91 Å². The van der Waals surface area contributed by atoms with Gasteiger partial charge in [-0.3, -0.25) is 9.59 Å². The van der Waals surface area contributed by atoms with Crippen LogP contribution in [0.25, 0.3) is 0 Å². The molecule has 2 aliphatic rings. The minimum Gasteiger partial charge on any atom is -0.495 e. The minimum atomic E-state index is -0.737. The molecule has 2 amide bonds. The standard InChI is InChI=1S/C28H27ClN2O6/c1-34-21-14-22(35-2)20(13-19(21)29)30-27(32)25-17-11-23(36-3)24(37-4)12-18(17)28(33)31-10-9-15-7-5-6-8-16(15)26(25)31/h5-8,11-14,25-26H,9-10H2,1-4H3,(H,30,32). The fraction of sp³-hybridized carbons (Fsp3) is 0.286. The quantitative estimate of drug-likeness (QED) is 0.498. The fourth-order valence-corrected chi connectivity index (χ4v) is 5.54. The van der Waals surface area contributed by atoms with Crippen molar-refractivity contribution in [3.63, 3.8) is 0 Å². The van der Waals surface area contributed by atoms with Crippen LogP contribution in [0.2, 0.25) is 5.02 Å². The molecule has 37 heavy (non-hydrogen) atoms. The van der Waals surface area contributed by atoms with E-state index in [4.69, 9.17) is 30.5 Å². The van der Waals surface area contributed by atoms with E-state index in [1.165, 1.54) is 28.4 Å². The van der Waals surface area contributed by atoms with Gasteiger partial charge < -0.3 is 29.2 Å². The number of nitrogens with one attached hydrogen (secondary N) is 1. The summed E-state index contributed by atoms with van der Waals surface area (Å²) in [5, 5.41) is 3.32. The predicted octanol–water partition coefficient (Wildman–Crippen LogP) is 4.85. The molecule has 2 unspecified atom stereocenters. The van der Waals surface area contributed by atoms with Gasteiger partial charge in [0, 0.05) is 18.2 Å². The van der Waals surface area contributed by atoms with Crippen molar-refractivity contribution in [1.82, 2.24) is 4.90 Å². The number of anilines is 1. The smallest absolute Gasteiger partial charge is 0.254 e. The third-order valence-electron chi connectivity index (χ3n) is 7.04. The van der Waals surface area contributed by atoms with E-state index < -0.39 is 12.0 Å². The average molecular weight is 523 g/mol. The Kier molecular flexibility index (Phi) is 6.60. The molecule has 2 aliphatic heterocycles. The summed E-state index contributed by atoms with van der Waals surface area (Å²) in [6.07, 6.45) is 0.706. The van der Waals surface area contributed by atoms with Gasteiger partial charge in [0.05, 0.1) is 51.1 Å². The van der Waals surface area contributed by atoms with Gasteiger partial charge in [-0.25, -0.2) is 0 Å². The van der Waals surface area contributed by atoms with Crippen LogP contribution in [-0.2, 0) is 11.2 Å². The molecule has 1 N–H and O–H groups in total. The second kappa shape index (κ2) is 9.86. The Morgan fingerprint density at radius 2 is 1.57 bits per heavy atom. The molecule has 0 spiro atoms. The number of carbonyl (C=O) groups is 2. The van der Waals surface area contributed by atoms with E-state index >= 15 is 0 Å². The molecular weight excluding hydrogens is 496 g/mol. The second-order valence-electron chi connectivity index (χ2n) is 8.84. The number of hydrogen-bond donors (Lipinski definition) is 1. The van der Waals surface area contributed by atoms with Crippen LogP contribution in [0, 0.1) is 0 Å². The lowest BCUT2D eigenvalue weighted by Crippen LogP contribution is -2.49. The fourth-order valence-electron chi connectivity index (χ4n) is 5.30. The first-order chi connectivity index (χ1) is 17.9. The Morgan fingerprint density at radius 3 is 2.27 bits per heavy atom. The maximum Gasteiger partial charge on any atom is 0.254 e. The van der Waals surface area contributed by atoms with E-state index in [0.29, 0.717) is 57.8 Å². The number of rotatable bonds is 6. The maximum absolute atomic E-state index is 14.1. The zero-order valence-electron chi connectivity index (χ0n) is 21.0. The van der Waals surface area contributed by atoms with Crippen molar-refractivity contribution < 1.29 is 28.5 Å². The summed E-state index contributed by atoms with van der Waals surface area (Å²) in [5.74, 6) is 0.489. The van der Waals surface area contributed by atoms with Crippen LogP contribution in [0.4, 0.5) is 5.69 Å². The molecule has 8 nitrogen and oxygen atoms in total. The number of carbonyl (C=O) groups excluding carboxylic acids is 2. The van der Waals surface area contributed by atoms with E-state index in [9.17, 15) is 9.59 Å². The number of benzene rings is 3. The summed E-state index contributed by atoms with van der Waals surface area (Å²) in [5.41, 5.74) is 3.43. The van der Waals surface area contributed by atoms with Crippen LogP contribution in [0.1, 0.15) is 39.0 Å². The molecule has 2 heterocycles. The number of fused-ring (bicyclic) bond motifs is 4. The normalized spacial score (nSPS) is 17.8. The SMILES string of the molecule is COc1cc(OC)c(NC(=O)C2c3cc(OC)c(OC)cc3C(=O)N3CCc4ccccc4C23)cc1Cl. The number of amides is 2. The van der Waals surface area contributed by atoms with Gasteiger partial charge in [-0.05, 0) is 41.3 Å². The summed E-state index contributed by atoms with van der Waals surface area (Å²) >= 11 is 6.36. The molecule has 0 bridgehead atoms. The first kappa shape index (κ1) is 24.8. The van der Waals surface area contributed by atoms with Crippen molar-refractivity contribution in [1.29, 1.82) is 0 Å². The van der Waals surface area contributed by atoms with Crippen LogP contribution < -0.4 is 24.3 Å². The molecule has 5 rings (SSSR count). The first-order valence-electron chi connectivity index (χ1n) is 11.8. The van der Waals surface area contributed by atoms with Crippen molar-refractivity contribution in [2.75, 3.05) is 40.3 Å². The van der Waals surface area contributed by atoms with Gasteiger partial charge in [-0.15, -0.1) is 0 Å². The summed E-state index contributed by atoms with van der Waals surface area (Å²) < 4.78 is 21.8. The van der Waals surface area contributed by atoms with Gasteiger partial charge in [-0.2, -0.15) is 0 Å². The van der Waals surface area contributed by atoms with Crippen molar-refractivity contribution in [3.05, 3.63) is 75.8 Å². The topological polar surface area (TPSA) is 86.3 Å². The number of nitrogens with zero attached hydrogens (tertiary/aromatic N) is 1. The molecule has 2 atom stereocenters. The minimum absolute atomic E-state index is 0.149. The third-order valence-corrected chi connectivity index (χ3v) is 7.34. The average Bonchev–Trinajstić information content (AvgIpc) is 2.92. The molecule has 0 fully saturated rings. The summed E-state index contributed by atoms with van der Waals surface area (Å²) in [6, 6.07) is 14.0. The Bertz CT molecular complexity index is 1390. The number of hydrogen-bond acceptors (Lipinski definition) is 6. The molecule has 0 radical (unpaired) electrons. The van der Waals surface area contributed by atoms with Crippen molar-refractivity contribution >= 4 is 29.1 Å². The van der Waals surface area contributed by atoms with Crippen LogP contribution in [0.15, 0.2) is 48.5 Å². The highest BCUT2D eigenvalue weighted by molar-refractivity contribution is 6.32. The highest BCUT2D eigenvalue weighted by Gasteiger charge is 2.47. The lowest BCUT2D eigenvalue weighted by Gasteiger charge is -2.45. The predicted molar refractivity (Wildman–Crippen MR) is 139 cm³/mol. The highest BCUT2D eigenvalue weighted by atomic mass is 35.5. The molecule has 0 saturated heterocycles. The van der Waals surface area contributed by atoms with Crippen molar-refractivity contribution in [3.8, 4) is 23.0 Å². The molecule has 192 valence electrons. The van der Waals surface area contributed by atoms with E-state index in [2.05, 4.69) is 5.32 Å². The number of halogens is 1. The first-order valence-corrected chi connectivity index (χ1v) is 12.2. The lowest BCUT2D eigenvalue weighted by atomic mass is 9.75. The van der Waals surface area contributed by atoms with Gasteiger partial charge in [0.25, 0.3) is 5.91 Å². The lowest BCUT2D eigenvalue weighted by molar-refractivity contribution is -0.119. The number of methoxy groups -OCH3 is 4. The molecule has 0 aliphatic carbocycles. The second-order valence-corrected chi connectivity index (χ2v) is 9.25. The zero-order chi connectivity index (χ0) is 26.3. The van der Waals surface area contributed by atoms with Gasteiger partial charge in [0.15, 0.2) is 11.5 Å². The Morgan fingerprint density at radius 1 is 0.892 bits per heavy atom. The summed E-state index contributed by atoms with van der Waals surface area (Å²) in [4.78, 5) is 29.6. The molecule has 3 aromatic carbocycles. The van der Waals surface area contributed by atoms with Crippen molar-refractivity contribution in [2.45, 2.75) is 18.4 Å². The number of ether oxygens (including phenoxy) is 4. The molecule has 0 saturated carbocycles. The Hall–Kier alpha value is -3.91. The zero-order valence-corrected chi connectivity index (χ0v) is 21.7. The molecule has 3 aromatic rings. The monoisotopic (exact) mass is 522 g/mol. The van der Waals surface area contributed by atoms with Gasteiger partial charge >= 0.3 is 0 Å². The van der Waals surface area contributed by atoms with Crippen LogP contribution in [-0.4, -0.2) is 51.7 Å². The van der Waals surface area contributed by atoms with E-state index in [1.807, 2.05) is 24.3 Å². The molecular formula is C28H27ClN2O6. The maximum atomic E-state index is 14.1. The van der Waals surface area contributed by atoms with Crippen LogP contribution in [0.3, 0.4) is 0 Å². The third kappa shape index (κ3) is 4.11. The summed E-state index contributed by atoms with van der Waals surface area (Å²) in [7, 11) is 6.05. The molecule has 9 heteroatoms. The van der Waals surface area contributed by atoms with Crippen LogP contribution in [0.5, 0.6) is 23.0 Å². The van der Waals surface area contributed by atoms with Gasteiger partial charge in [0.1, 0.15) is 11.5 Å². The van der Waals surface area contributed by atoms with E-state index in [-0.39, 0.29) is 11.8 Å². The van der Waals surface area contributed by atoms with Gasteiger partial charge in [-0.1, -0.05) is 35.9 Å². The van der Waals surface area contributed by atoms with E-state index in [0.717, 1.165) is 11.1 Å².